The smallest absolute Gasteiger partial charge is 0.236 e. The summed E-state index contributed by atoms with van der Waals surface area (Å²) in [4.78, 5) is 9.76. The topological polar surface area (TPSA) is 71.7 Å². The van der Waals surface area contributed by atoms with Gasteiger partial charge in [0.25, 0.3) is 0 Å². The van der Waals surface area contributed by atoms with Gasteiger partial charge in [0.05, 0.1) is 24.2 Å². The SMILES string of the molecule is CN=C(NCCc1ccccc1OC)NCc1coc(-c2cccs2)n1.I. The maximum atomic E-state index is 5.52. The average Bonchev–Trinajstić information content (AvgIpc) is 3.36. The average molecular weight is 498 g/mol. The van der Waals surface area contributed by atoms with E-state index in [1.807, 2.05) is 35.7 Å². The molecular formula is C19H23IN4O2S. The van der Waals surface area contributed by atoms with Gasteiger partial charge in [-0.15, -0.1) is 35.3 Å². The second-order valence-corrected chi connectivity index (χ2v) is 6.48. The van der Waals surface area contributed by atoms with Gasteiger partial charge in [-0.2, -0.15) is 0 Å². The van der Waals surface area contributed by atoms with Crippen molar-refractivity contribution in [3.8, 4) is 16.5 Å². The van der Waals surface area contributed by atoms with Gasteiger partial charge in [0, 0.05) is 13.6 Å². The molecule has 2 aromatic heterocycles. The zero-order valence-electron chi connectivity index (χ0n) is 15.3. The van der Waals surface area contributed by atoms with Crippen molar-refractivity contribution in [1.82, 2.24) is 15.6 Å². The van der Waals surface area contributed by atoms with Crippen molar-refractivity contribution in [3.05, 3.63) is 59.3 Å². The largest absolute Gasteiger partial charge is 0.496 e. The van der Waals surface area contributed by atoms with E-state index >= 15 is 0 Å². The molecule has 27 heavy (non-hydrogen) atoms. The lowest BCUT2D eigenvalue weighted by Gasteiger charge is -2.12. The van der Waals surface area contributed by atoms with Crippen LogP contribution in [0.4, 0.5) is 0 Å². The summed E-state index contributed by atoms with van der Waals surface area (Å²) >= 11 is 1.61. The Labute approximate surface area is 180 Å². The number of hydrogen-bond acceptors (Lipinski definition) is 5. The molecule has 0 amide bonds. The van der Waals surface area contributed by atoms with E-state index in [0.717, 1.165) is 40.8 Å². The Morgan fingerprint density at radius 2 is 2.07 bits per heavy atom. The van der Waals surface area contributed by atoms with Crippen molar-refractivity contribution < 1.29 is 9.15 Å². The van der Waals surface area contributed by atoms with Gasteiger partial charge in [0.15, 0.2) is 5.96 Å². The van der Waals surface area contributed by atoms with Crippen LogP contribution in [0.2, 0.25) is 0 Å². The minimum absolute atomic E-state index is 0. The Morgan fingerprint density at radius 1 is 1.22 bits per heavy atom. The third kappa shape index (κ3) is 5.96. The van der Waals surface area contributed by atoms with Gasteiger partial charge >= 0.3 is 0 Å². The first-order valence-electron chi connectivity index (χ1n) is 8.35. The molecule has 0 radical (unpaired) electrons. The Morgan fingerprint density at radius 3 is 2.81 bits per heavy atom. The molecule has 0 fully saturated rings. The van der Waals surface area contributed by atoms with Gasteiger partial charge in [0.2, 0.25) is 5.89 Å². The highest BCUT2D eigenvalue weighted by molar-refractivity contribution is 14.0. The molecule has 0 atom stereocenters. The van der Waals surface area contributed by atoms with E-state index in [4.69, 9.17) is 9.15 Å². The van der Waals surface area contributed by atoms with Crippen molar-refractivity contribution >= 4 is 41.3 Å². The molecule has 3 aromatic rings. The van der Waals surface area contributed by atoms with E-state index < -0.39 is 0 Å². The number of hydrogen-bond donors (Lipinski definition) is 2. The molecule has 144 valence electrons. The molecule has 0 saturated heterocycles. The van der Waals surface area contributed by atoms with Gasteiger partial charge in [-0.3, -0.25) is 4.99 Å². The van der Waals surface area contributed by atoms with Gasteiger partial charge in [0.1, 0.15) is 12.0 Å². The van der Waals surface area contributed by atoms with E-state index in [1.54, 1.807) is 31.8 Å². The molecule has 2 heterocycles. The molecule has 0 aliphatic heterocycles. The number of aliphatic imine (C=N–C) groups is 1. The normalized spacial score (nSPS) is 11.0. The number of nitrogens with zero attached hydrogens (tertiary/aromatic N) is 2. The van der Waals surface area contributed by atoms with Crippen molar-refractivity contribution in [2.75, 3.05) is 20.7 Å². The molecule has 2 N–H and O–H groups in total. The maximum absolute atomic E-state index is 5.52. The van der Waals surface area contributed by atoms with Crippen LogP contribution in [0.15, 0.2) is 57.5 Å². The summed E-state index contributed by atoms with van der Waals surface area (Å²) in [5, 5.41) is 8.55. The number of guanidine groups is 1. The summed E-state index contributed by atoms with van der Waals surface area (Å²) in [6.45, 7) is 1.29. The highest BCUT2D eigenvalue weighted by Crippen LogP contribution is 2.23. The molecule has 0 aliphatic rings. The maximum Gasteiger partial charge on any atom is 0.236 e. The van der Waals surface area contributed by atoms with Crippen LogP contribution in [0, 0.1) is 0 Å². The van der Waals surface area contributed by atoms with Gasteiger partial charge in [-0.05, 0) is 29.5 Å². The van der Waals surface area contributed by atoms with Crippen molar-refractivity contribution in [3.63, 3.8) is 0 Å². The molecular weight excluding hydrogens is 475 g/mol. The quantitative estimate of drug-likeness (QED) is 0.294. The minimum atomic E-state index is 0. The summed E-state index contributed by atoms with van der Waals surface area (Å²) in [6.07, 6.45) is 2.52. The Balaban J connectivity index is 0.00000261. The standard InChI is InChI=1S/C19H22N4O2S.HI/c1-20-19(21-10-9-14-6-3-4-7-16(14)24-2)22-12-15-13-25-18(23-15)17-8-5-11-26-17;/h3-8,11,13H,9-10,12H2,1-2H3,(H2,20,21,22);1H. The van der Waals surface area contributed by atoms with Gasteiger partial charge in [-0.25, -0.2) is 4.98 Å². The lowest BCUT2D eigenvalue weighted by molar-refractivity contribution is 0.409. The minimum Gasteiger partial charge on any atom is -0.496 e. The summed E-state index contributed by atoms with van der Waals surface area (Å²) < 4.78 is 10.9. The number of rotatable bonds is 7. The fourth-order valence-corrected chi connectivity index (χ4v) is 3.18. The second kappa shape index (κ2) is 10.9. The number of nitrogens with one attached hydrogen (secondary N) is 2. The molecule has 0 unspecified atom stereocenters. The number of aromatic nitrogens is 1. The lowest BCUT2D eigenvalue weighted by Crippen LogP contribution is -2.37. The Hall–Kier alpha value is -2.07. The number of benzene rings is 1. The van der Waals surface area contributed by atoms with Gasteiger partial charge < -0.3 is 19.8 Å². The van der Waals surface area contributed by atoms with Gasteiger partial charge in [-0.1, -0.05) is 24.3 Å². The number of thiophene rings is 1. The van der Waals surface area contributed by atoms with Crippen LogP contribution in [0.3, 0.4) is 0 Å². The third-order valence-corrected chi connectivity index (χ3v) is 4.68. The summed E-state index contributed by atoms with van der Waals surface area (Å²) in [5.41, 5.74) is 2.00. The molecule has 8 heteroatoms. The summed E-state index contributed by atoms with van der Waals surface area (Å²) in [7, 11) is 3.44. The Bertz CT molecular complexity index is 849. The third-order valence-electron chi connectivity index (χ3n) is 3.82. The predicted molar refractivity (Wildman–Crippen MR) is 120 cm³/mol. The summed E-state index contributed by atoms with van der Waals surface area (Å²) in [6, 6.07) is 12.0. The molecule has 0 spiro atoms. The molecule has 0 bridgehead atoms. The van der Waals surface area contributed by atoms with Crippen LogP contribution in [0.25, 0.3) is 10.8 Å². The van der Waals surface area contributed by atoms with Crippen LogP contribution in [0.1, 0.15) is 11.3 Å². The van der Waals surface area contributed by atoms with E-state index in [1.165, 1.54) is 0 Å². The highest BCUT2D eigenvalue weighted by atomic mass is 127. The zero-order valence-corrected chi connectivity index (χ0v) is 18.4. The Kier molecular flexibility index (Phi) is 8.59. The van der Waals surface area contributed by atoms with Crippen molar-refractivity contribution in [1.29, 1.82) is 0 Å². The number of oxazole rings is 1. The van der Waals surface area contributed by atoms with E-state index in [2.05, 4.69) is 26.7 Å². The molecule has 6 nitrogen and oxygen atoms in total. The highest BCUT2D eigenvalue weighted by Gasteiger charge is 2.08. The van der Waals surface area contributed by atoms with Crippen LogP contribution >= 0.6 is 35.3 Å². The van der Waals surface area contributed by atoms with E-state index in [-0.39, 0.29) is 24.0 Å². The second-order valence-electron chi connectivity index (χ2n) is 5.54. The monoisotopic (exact) mass is 498 g/mol. The van der Waals surface area contributed by atoms with E-state index in [0.29, 0.717) is 12.4 Å². The summed E-state index contributed by atoms with van der Waals surface area (Å²) in [5.74, 6) is 2.28. The number of ether oxygens (including phenoxy) is 1. The molecule has 3 rings (SSSR count). The first-order valence-corrected chi connectivity index (χ1v) is 9.23. The van der Waals surface area contributed by atoms with Crippen LogP contribution in [0.5, 0.6) is 5.75 Å². The van der Waals surface area contributed by atoms with Crippen LogP contribution in [-0.2, 0) is 13.0 Å². The number of halogens is 1. The van der Waals surface area contributed by atoms with Crippen LogP contribution < -0.4 is 15.4 Å². The lowest BCUT2D eigenvalue weighted by atomic mass is 10.1. The van der Waals surface area contributed by atoms with Crippen molar-refractivity contribution in [2.24, 2.45) is 4.99 Å². The van der Waals surface area contributed by atoms with Crippen molar-refractivity contribution in [2.45, 2.75) is 13.0 Å². The molecule has 1 aromatic carbocycles. The molecule has 0 saturated carbocycles. The van der Waals surface area contributed by atoms with E-state index in [9.17, 15) is 0 Å². The van der Waals surface area contributed by atoms with Crippen LogP contribution in [-0.4, -0.2) is 31.6 Å². The molecule has 0 aliphatic carbocycles. The first kappa shape index (κ1) is 21.2. The fourth-order valence-electron chi connectivity index (χ4n) is 2.52. The zero-order chi connectivity index (χ0) is 18.2. The number of methoxy groups -OCH3 is 1. The first-order chi connectivity index (χ1) is 12.8. The predicted octanol–water partition coefficient (Wildman–Crippen LogP) is 3.94. The fraction of sp³-hybridized carbons (Fsp3) is 0.263. The number of para-hydroxylation sites is 1.